The van der Waals surface area contributed by atoms with Crippen molar-refractivity contribution >= 4 is 39.0 Å². The SMILES string of the molecule is CC1(C)C2=C(C=CCC2)c2c1cc1ccccc1c2-c1ccc(-c2ccc(N(c3ccc4c(c3)C(C)(C)c3ccccc3-4)c3ccc4c(c3)C(C)(C)C3CC=CC=C43)cc2)cc1. The normalized spacial score (nSPS) is 19.1. The summed E-state index contributed by atoms with van der Waals surface area (Å²) in [6, 6.07) is 53.4. The highest BCUT2D eigenvalue weighted by molar-refractivity contribution is 6.07. The van der Waals surface area contributed by atoms with Crippen LogP contribution in [-0.4, -0.2) is 0 Å². The number of anilines is 3. The molecule has 0 spiro atoms. The highest BCUT2D eigenvalue weighted by Crippen LogP contribution is 2.57. The molecule has 0 fully saturated rings. The van der Waals surface area contributed by atoms with Crippen LogP contribution >= 0.6 is 0 Å². The standard InChI is InChI=1S/C61H53N/c1-59(2)51-20-12-9-17-46(51)48-33-31-43(36-54(48)59)62(44-32-34-49-47-18-10-13-21-52(47)60(3,4)55(49)37-44)42-29-27-39(28-30-42)38-23-25-40(26-24-38)57-45-16-8-7-15-41(45)35-56-58(57)50-19-11-14-22-53(50)61(56,5)6/h7-13,15-20,23-37,52H,14,21-22H2,1-6H3. The smallest absolute Gasteiger partial charge is 0.0465 e. The van der Waals surface area contributed by atoms with E-state index in [0.717, 1.165) is 24.9 Å². The maximum Gasteiger partial charge on any atom is 0.0465 e. The van der Waals surface area contributed by atoms with E-state index in [0.29, 0.717) is 5.92 Å². The Morgan fingerprint density at radius 2 is 1.16 bits per heavy atom. The van der Waals surface area contributed by atoms with Gasteiger partial charge in [0.1, 0.15) is 0 Å². The van der Waals surface area contributed by atoms with Gasteiger partial charge in [-0.15, -0.1) is 0 Å². The molecule has 0 aromatic heterocycles. The first-order chi connectivity index (χ1) is 30.0. The molecule has 12 rings (SSSR count). The zero-order valence-electron chi connectivity index (χ0n) is 36.8. The summed E-state index contributed by atoms with van der Waals surface area (Å²) in [5.74, 6) is 0.503. The maximum atomic E-state index is 2.49. The van der Waals surface area contributed by atoms with Crippen LogP contribution in [0.4, 0.5) is 17.1 Å². The van der Waals surface area contributed by atoms with Gasteiger partial charge in [0.05, 0.1) is 0 Å². The minimum Gasteiger partial charge on any atom is -0.310 e. The van der Waals surface area contributed by atoms with Crippen molar-refractivity contribution in [3.63, 3.8) is 0 Å². The van der Waals surface area contributed by atoms with E-state index in [1.165, 1.54) is 100 Å². The van der Waals surface area contributed by atoms with Gasteiger partial charge in [-0.3, -0.25) is 0 Å². The topological polar surface area (TPSA) is 3.24 Å². The average Bonchev–Trinajstić information content (AvgIpc) is 3.78. The molecule has 302 valence electrons. The van der Waals surface area contributed by atoms with Crippen molar-refractivity contribution < 1.29 is 0 Å². The molecule has 7 aromatic carbocycles. The van der Waals surface area contributed by atoms with Gasteiger partial charge in [0, 0.05) is 27.9 Å². The molecule has 0 saturated carbocycles. The predicted octanol–water partition coefficient (Wildman–Crippen LogP) is 16.6. The van der Waals surface area contributed by atoms with Gasteiger partial charge in [0.25, 0.3) is 0 Å². The van der Waals surface area contributed by atoms with Gasteiger partial charge in [-0.05, 0) is 162 Å². The fraction of sp³-hybridized carbons (Fsp3) is 0.213. The van der Waals surface area contributed by atoms with E-state index in [4.69, 9.17) is 0 Å². The molecule has 0 radical (unpaired) electrons. The molecule has 0 aliphatic heterocycles. The van der Waals surface area contributed by atoms with Crippen LogP contribution in [0.2, 0.25) is 0 Å². The minimum absolute atomic E-state index is 0.0220. The Morgan fingerprint density at radius 1 is 0.516 bits per heavy atom. The van der Waals surface area contributed by atoms with Gasteiger partial charge in [0.15, 0.2) is 0 Å². The van der Waals surface area contributed by atoms with Crippen LogP contribution in [0.15, 0.2) is 175 Å². The number of fused-ring (bicyclic) bond motifs is 9. The summed E-state index contributed by atoms with van der Waals surface area (Å²) in [6.45, 7) is 14.5. The highest BCUT2D eigenvalue weighted by Gasteiger charge is 2.43. The number of rotatable bonds is 5. The van der Waals surface area contributed by atoms with Crippen molar-refractivity contribution in [2.45, 2.75) is 77.0 Å². The summed E-state index contributed by atoms with van der Waals surface area (Å²) in [4.78, 5) is 2.49. The van der Waals surface area contributed by atoms with Crippen LogP contribution in [0.1, 0.15) is 94.2 Å². The Balaban J connectivity index is 0.948. The lowest BCUT2D eigenvalue weighted by atomic mass is 9.75. The Bertz CT molecular complexity index is 3160. The molecule has 0 heterocycles. The van der Waals surface area contributed by atoms with Crippen LogP contribution in [-0.2, 0) is 16.2 Å². The van der Waals surface area contributed by atoms with Crippen molar-refractivity contribution in [1.29, 1.82) is 0 Å². The number of benzene rings is 7. The van der Waals surface area contributed by atoms with Gasteiger partial charge in [-0.25, -0.2) is 0 Å². The van der Waals surface area contributed by atoms with Crippen molar-refractivity contribution in [2.75, 3.05) is 4.90 Å². The van der Waals surface area contributed by atoms with E-state index < -0.39 is 0 Å². The molecule has 0 amide bonds. The molecule has 0 saturated heterocycles. The van der Waals surface area contributed by atoms with E-state index in [2.05, 4.69) is 216 Å². The third-order valence-electron chi connectivity index (χ3n) is 15.7. The lowest BCUT2D eigenvalue weighted by Crippen LogP contribution is -2.24. The average molecular weight is 800 g/mol. The molecule has 1 unspecified atom stereocenters. The van der Waals surface area contributed by atoms with Crippen LogP contribution in [0.25, 0.3) is 55.3 Å². The monoisotopic (exact) mass is 799 g/mol. The molecule has 5 aliphatic carbocycles. The number of hydrogen-bond acceptors (Lipinski definition) is 1. The molecule has 5 aliphatic rings. The summed E-state index contributed by atoms with van der Waals surface area (Å²) in [5, 5.41) is 2.64. The van der Waals surface area contributed by atoms with Crippen LogP contribution in [0.5, 0.6) is 0 Å². The third-order valence-corrected chi connectivity index (χ3v) is 15.7. The van der Waals surface area contributed by atoms with Gasteiger partial charge in [-0.1, -0.05) is 175 Å². The van der Waals surface area contributed by atoms with E-state index in [1.54, 1.807) is 5.57 Å². The molecule has 1 atom stereocenters. The summed E-state index contributed by atoms with van der Waals surface area (Å²) in [7, 11) is 0. The van der Waals surface area contributed by atoms with Crippen molar-refractivity contribution in [2.24, 2.45) is 5.92 Å². The fourth-order valence-corrected chi connectivity index (χ4v) is 12.3. The van der Waals surface area contributed by atoms with Gasteiger partial charge in [-0.2, -0.15) is 0 Å². The Morgan fingerprint density at radius 3 is 1.95 bits per heavy atom. The van der Waals surface area contributed by atoms with E-state index in [1.807, 2.05) is 0 Å². The van der Waals surface area contributed by atoms with Crippen LogP contribution in [0, 0.1) is 5.92 Å². The largest absolute Gasteiger partial charge is 0.310 e. The molecule has 1 nitrogen and oxygen atoms in total. The van der Waals surface area contributed by atoms with E-state index >= 15 is 0 Å². The summed E-state index contributed by atoms with van der Waals surface area (Å²) in [6.07, 6.45) is 15.1. The molecule has 7 aromatic rings. The molecule has 1 heteroatoms. The van der Waals surface area contributed by atoms with E-state index in [9.17, 15) is 0 Å². The second-order valence-electron chi connectivity index (χ2n) is 20.0. The molecular formula is C61H53N. The Hall–Kier alpha value is -6.44. The maximum absolute atomic E-state index is 2.49. The quantitative estimate of drug-likeness (QED) is 0.168. The van der Waals surface area contributed by atoms with Crippen molar-refractivity contribution in [3.8, 4) is 33.4 Å². The highest BCUT2D eigenvalue weighted by atomic mass is 15.1. The number of nitrogens with zero attached hydrogens (tertiary/aromatic N) is 1. The first-order valence-electron chi connectivity index (χ1n) is 22.8. The third kappa shape index (κ3) is 5.27. The van der Waals surface area contributed by atoms with Gasteiger partial charge < -0.3 is 4.90 Å². The first kappa shape index (κ1) is 37.3. The minimum atomic E-state index is -0.0899. The lowest BCUT2D eigenvalue weighted by Gasteiger charge is -2.31. The summed E-state index contributed by atoms with van der Waals surface area (Å²) in [5.41, 5.74) is 24.3. The zero-order valence-corrected chi connectivity index (χ0v) is 36.8. The van der Waals surface area contributed by atoms with Crippen molar-refractivity contribution in [3.05, 3.63) is 209 Å². The Labute approximate surface area is 367 Å². The second kappa shape index (κ2) is 13.3. The molecular weight excluding hydrogens is 747 g/mol. The molecule has 62 heavy (non-hydrogen) atoms. The number of hydrogen-bond donors (Lipinski definition) is 0. The predicted molar refractivity (Wildman–Crippen MR) is 264 cm³/mol. The Kier molecular flexibility index (Phi) is 8.00. The van der Waals surface area contributed by atoms with Crippen molar-refractivity contribution in [1.82, 2.24) is 0 Å². The van der Waals surface area contributed by atoms with Gasteiger partial charge in [0.2, 0.25) is 0 Å². The summed E-state index contributed by atoms with van der Waals surface area (Å²) >= 11 is 0. The van der Waals surface area contributed by atoms with Crippen LogP contribution < -0.4 is 4.90 Å². The second-order valence-corrected chi connectivity index (χ2v) is 20.0. The number of allylic oxidation sites excluding steroid dienone is 8. The molecule has 0 bridgehead atoms. The van der Waals surface area contributed by atoms with E-state index in [-0.39, 0.29) is 16.2 Å². The fourth-order valence-electron chi connectivity index (χ4n) is 12.3. The van der Waals surface area contributed by atoms with Crippen LogP contribution in [0.3, 0.4) is 0 Å². The van der Waals surface area contributed by atoms with Gasteiger partial charge >= 0.3 is 0 Å². The summed E-state index contributed by atoms with van der Waals surface area (Å²) < 4.78 is 0. The zero-order chi connectivity index (χ0) is 42.1. The lowest BCUT2D eigenvalue weighted by molar-refractivity contribution is 0.415. The first-order valence-corrected chi connectivity index (χ1v) is 22.8. The molecule has 0 N–H and O–H groups in total.